The molecule has 1 saturated heterocycles. The van der Waals surface area contributed by atoms with Crippen LogP contribution in [0.15, 0.2) is 0 Å². The van der Waals surface area contributed by atoms with Gasteiger partial charge in [0.05, 0.1) is 12.7 Å². The normalized spacial score (nSPS) is 26.4. The monoisotopic (exact) mass is 199 g/mol. The third-order valence-corrected chi connectivity index (χ3v) is 3.19. The zero-order chi connectivity index (χ0) is 10.4. The standard InChI is InChI=1S/C12H25NO/c1-4-11(2)6-5-7-13-8-9-14-12(3)10-13/h11-12H,4-10H2,1-3H3. The lowest BCUT2D eigenvalue weighted by molar-refractivity contribution is -0.0188. The lowest BCUT2D eigenvalue weighted by Crippen LogP contribution is -2.41. The molecule has 0 saturated carbocycles. The summed E-state index contributed by atoms with van der Waals surface area (Å²) in [7, 11) is 0. The Kier molecular flexibility index (Phi) is 5.49. The summed E-state index contributed by atoms with van der Waals surface area (Å²) in [4.78, 5) is 2.54. The van der Waals surface area contributed by atoms with Crippen LogP contribution in [0.1, 0.15) is 40.0 Å². The highest BCUT2D eigenvalue weighted by Crippen LogP contribution is 2.11. The molecule has 0 N–H and O–H groups in total. The van der Waals surface area contributed by atoms with Crippen molar-refractivity contribution in [2.45, 2.75) is 46.1 Å². The van der Waals surface area contributed by atoms with Crippen LogP contribution in [0.25, 0.3) is 0 Å². The van der Waals surface area contributed by atoms with Gasteiger partial charge in [0.1, 0.15) is 0 Å². The van der Waals surface area contributed by atoms with Gasteiger partial charge in [-0.2, -0.15) is 0 Å². The molecule has 2 atom stereocenters. The Morgan fingerprint density at radius 2 is 2.29 bits per heavy atom. The summed E-state index contributed by atoms with van der Waals surface area (Å²) in [5.41, 5.74) is 0. The first-order valence-electron chi connectivity index (χ1n) is 6.06. The Balaban J connectivity index is 2.05. The Morgan fingerprint density at radius 1 is 1.50 bits per heavy atom. The van der Waals surface area contributed by atoms with Crippen LogP contribution in [0.5, 0.6) is 0 Å². The van der Waals surface area contributed by atoms with E-state index in [-0.39, 0.29) is 0 Å². The van der Waals surface area contributed by atoms with Gasteiger partial charge >= 0.3 is 0 Å². The molecule has 2 nitrogen and oxygen atoms in total. The first-order chi connectivity index (χ1) is 6.72. The Morgan fingerprint density at radius 3 is 2.93 bits per heavy atom. The van der Waals surface area contributed by atoms with Crippen LogP contribution in [0.4, 0.5) is 0 Å². The minimum Gasteiger partial charge on any atom is -0.376 e. The number of nitrogens with zero attached hydrogens (tertiary/aromatic N) is 1. The van der Waals surface area contributed by atoms with Crippen LogP contribution in [-0.2, 0) is 4.74 Å². The van der Waals surface area contributed by atoms with E-state index in [9.17, 15) is 0 Å². The van der Waals surface area contributed by atoms with Gasteiger partial charge in [0.25, 0.3) is 0 Å². The smallest absolute Gasteiger partial charge is 0.0674 e. The Bertz CT molecular complexity index is 149. The highest BCUT2D eigenvalue weighted by Gasteiger charge is 2.15. The number of hydrogen-bond donors (Lipinski definition) is 0. The van der Waals surface area contributed by atoms with E-state index in [2.05, 4.69) is 25.7 Å². The molecule has 2 heteroatoms. The zero-order valence-corrected chi connectivity index (χ0v) is 9.96. The fraction of sp³-hybridized carbons (Fsp3) is 1.00. The predicted molar refractivity (Wildman–Crippen MR) is 60.5 cm³/mol. The van der Waals surface area contributed by atoms with Gasteiger partial charge in [-0.25, -0.2) is 0 Å². The number of ether oxygens (including phenoxy) is 1. The third kappa shape index (κ3) is 4.43. The summed E-state index contributed by atoms with van der Waals surface area (Å²) in [5, 5.41) is 0. The lowest BCUT2D eigenvalue weighted by Gasteiger charge is -2.31. The van der Waals surface area contributed by atoms with E-state index < -0.39 is 0 Å². The molecular weight excluding hydrogens is 174 g/mol. The highest BCUT2D eigenvalue weighted by atomic mass is 16.5. The van der Waals surface area contributed by atoms with Crippen LogP contribution in [0.2, 0.25) is 0 Å². The molecule has 0 bridgehead atoms. The second-order valence-corrected chi connectivity index (χ2v) is 4.64. The molecule has 0 aromatic carbocycles. The van der Waals surface area contributed by atoms with Crippen LogP contribution in [0, 0.1) is 5.92 Å². The summed E-state index contributed by atoms with van der Waals surface area (Å²) < 4.78 is 5.51. The van der Waals surface area contributed by atoms with Crippen LogP contribution >= 0.6 is 0 Å². The predicted octanol–water partition coefficient (Wildman–Crippen LogP) is 2.53. The molecule has 0 aromatic rings. The number of rotatable bonds is 5. The van der Waals surface area contributed by atoms with E-state index in [1.807, 2.05) is 0 Å². The molecule has 0 aromatic heterocycles. The minimum absolute atomic E-state index is 0.437. The molecule has 0 aliphatic carbocycles. The maximum Gasteiger partial charge on any atom is 0.0674 e. The van der Waals surface area contributed by atoms with Gasteiger partial charge in [0.2, 0.25) is 0 Å². The molecule has 0 amide bonds. The van der Waals surface area contributed by atoms with Crippen molar-refractivity contribution < 1.29 is 4.74 Å². The summed E-state index contributed by atoms with van der Waals surface area (Å²) in [6.07, 6.45) is 4.48. The average molecular weight is 199 g/mol. The van der Waals surface area contributed by atoms with E-state index in [0.29, 0.717) is 6.10 Å². The van der Waals surface area contributed by atoms with E-state index >= 15 is 0 Å². The van der Waals surface area contributed by atoms with Gasteiger partial charge in [0.15, 0.2) is 0 Å². The maximum absolute atomic E-state index is 5.51. The summed E-state index contributed by atoms with van der Waals surface area (Å²) in [6, 6.07) is 0. The van der Waals surface area contributed by atoms with Crippen molar-refractivity contribution in [2.24, 2.45) is 5.92 Å². The summed E-state index contributed by atoms with van der Waals surface area (Å²) in [5.74, 6) is 0.897. The zero-order valence-electron chi connectivity index (χ0n) is 9.96. The van der Waals surface area contributed by atoms with Crippen LogP contribution < -0.4 is 0 Å². The quantitative estimate of drug-likeness (QED) is 0.674. The van der Waals surface area contributed by atoms with Gasteiger partial charge in [-0.1, -0.05) is 20.3 Å². The van der Waals surface area contributed by atoms with Crippen LogP contribution in [-0.4, -0.2) is 37.2 Å². The second-order valence-electron chi connectivity index (χ2n) is 4.64. The molecule has 0 spiro atoms. The van der Waals surface area contributed by atoms with Gasteiger partial charge in [-0.3, -0.25) is 4.90 Å². The summed E-state index contributed by atoms with van der Waals surface area (Å²) >= 11 is 0. The Hall–Kier alpha value is -0.0800. The molecule has 1 aliphatic rings. The minimum atomic E-state index is 0.437. The van der Waals surface area contributed by atoms with Crippen molar-refractivity contribution >= 4 is 0 Å². The molecule has 2 unspecified atom stereocenters. The molecule has 1 heterocycles. The fourth-order valence-corrected chi connectivity index (χ4v) is 1.96. The van der Waals surface area contributed by atoms with Crippen molar-refractivity contribution in [1.29, 1.82) is 0 Å². The van der Waals surface area contributed by atoms with Gasteiger partial charge in [-0.05, 0) is 32.2 Å². The first-order valence-corrected chi connectivity index (χ1v) is 6.06. The van der Waals surface area contributed by atoms with Crippen LogP contribution in [0.3, 0.4) is 0 Å². The van der Waals surface area contributed by atoms with E-state index in [0.717, 1.165) is 25.6 Å². The van der Waals surface area contributed by atoms with Crippen molar-refractivity contribution in [3.8, 4) is 0 Å². The van der Waals surface area contributed by atoms with Gasteiger partial charge < -0.3 is 4.74 Å². The van der Waals surface area contributed by atoms with Crippen molar-refractivity contribution in [3.63, 3.8) is 0 Å². The molecule has 14 heavy (non-hydrogen) atoms. The van der Waals surface area contributed by atoms with Crippen molar-refractivity contribution in [1.82, 2.24) is 4.90 Å². The Labute approximate surface area is 88.6 Å². The van der Waals surface area contributed by atoms with E-state index in [4.69, 9.17) is 4.74 Å². The molecule has 84 valence electrons. The largest absolute Gasteiger partial charge is 0.376 e. The molecule has 1 aliphatic heterocycles. The van der Waals surface area contributed by atoms with Gasteiger partial charge in [0, 0.05) is 13.1 Å². The number of hydrogen-bond acceptors (Lipinski definition) is 2. The maximum atomic E-state index is 5.51. The number of morpholine rings is 1. The second kappa shape index (κ2) is 6.41. The average Bonchev–Trinajstić information content (AvgIpc) is 2.17. The summed E-state index contributed by atoms with van der Waals surface area (Å²) in [6.45, 7) is 11.2. The molecule has 1 fully saturated rings. The molecule has 1 rings (SSSR count). The fourth-order valence-electron chi connectivity index (χ4n) is 1.96. The van der Waals surface area contributed by atoms with Gasteiger partial charge in [-0.15, -0.1) is 0 Å². The van der Waals surface area contributed by atoms with Crippen molar-refractivity contribution in [3.05, 3.63) is 0 Å². The molecule has 0 radical (unpaired) electrons. The molecular formula is C12H25NO. The van der Waals surface area contributed by atoms with E-state index in [1.54, 1.807) is 0 Å². The topological polar surface area (TPSA) is 12.5 Å². The van der Waals surface area contributed by atoms with Crippen molar-refractivity contribution in [2.75, 3.05) is 26.2 Å². The highest BCUT2D eigenvalue weighted by molar-refractivity contribution is 4.68. The van der Waals surface area contributed by atoms with E-state index in [1.165, 1.54) is 25.8 Å². The SMILES string of the molecule is CCC(C)CCCN1CCOC(C)C1. The lowest BCUT2D eigenvalue weighted by atomic mass is 10.0. The first kappa shape index (κ1) is 12.0. The third-order valence-electron chi connectivity index (χ3n) is 3.19.